The molecule has 3 rings (SSSR count). The SMILES string of the molecule is O=C(O)C1(c2cccc3ccncc23)CCCCC1. The lowest BCUT2D eigenvalue weighted by Crippen LogP contribution is -2.38. The molecule has 0 bridgehead atoms. The average Bonchev–Trinajstić information content (AvgIpc) is 2.47. The number of carbonyl (C=O) groups is 1. The van der Waals surface area contributed by atoms with Crippen LogP contribution < -0.4 is 0 Å². The molecule has 0 saturated heterocycles. The molecule has 1 aliphatic carbocycles. The lowest BCUT2D eigenvalue weighted by Gasteiger charge is -2.34. The van der Waals surface area contributed by atoms with Gasteiger partial charge < -0.3 is 5.11 Å². The highest BCUT2D eigenvalue weighted by molar-refractivity contribution is 5.92. The lowest BCUT2D eigenvalue weighted by molar-refractivity contribution is -0.145. The van der Waals surface area contributed by atoms with Crippen molar-refractivity contribution in [3.63, 3.8) is 0 Å². The van der Waals surface area contributed by atoms with E-state index in [2.05, 4.69) is 4.98 Å². The number of nitrogens with zero attached hydrogens (tertiary/aromatic N) is 1. The molecule has 1 aromatic carbocycles. The smallest absolute Gasteiger partial charge is 0.314 e. The number of carboxylic acids is 1. The Morgan fingerprint density at radius 2 is 1.95 bits per heavy atom. The van der Waals surface area contributed by atoms with Gasteiger partial charge >= 0.3 is 5.97 Å². The van der Waals surface area contributed by atoms with Crippen LogP contribution in [-0.4, -0.2) is 16.1 Å². The number of carboxylic acid groups (broad SMARTS) is 1. The minimum absolute atomic E-state index is 0.691. The van der Waals surface area contributed by atoms with E-state index in [9.17, 15) is 9.90 Å². The topological polar surface area (TPSA) is 50.2 Å². The molecule has 1 aromatic heterocycles. The Bertz CT molecular complexity index is 610. The zero-order valence-corrected chi connectivity index (χ0v) is 10.8. The summed E-state index contributed by atoms with van der Waals surface area (Å²) in [6.45, 7) is 0. The van der Waals surface area contributed by atoms with Gasteiger partial charge in [0.2, 0.25) is 0 Å². The summed E-state index contributed by atoms with van der Waals surface area (Å²) in [6.07, 6.45) is 8.13. The fourth-order valence-electron chi connectivity index (χ4n) is 3.28. The van der Waals surface area contributed by atoms with E-state index in [4.69, 9.17) is 0 Å². The Labute approximate surface area is 112 Å². The number of hydrogen-bond donors (Lipinski definition) is 1. The minimum Gasteiger partial charge on any atom is -0.481 e. The van der Waals surface area contributed by atoms with Crippen molar-refractivity contribution in [2.45, 2.75) is 37.5 Å². The molecular weight excluding hydrogens is 238 g/mol. The van der Waals surface area contributed by atoms with Crippen LogP contribution in [0.15, 0.2) is 36.7 Å². The van der Waals surface area contributed by atoms with Crippen LogP contribution in [0.3, 0.4) is 0 Å². The van der Waals surface area contributed by atoms with Gasteiger partial charge in [-0.3, -0.25) is 9.78 Å². The molecule has 0 atom stereocenters. The average molecular weight is 255 g/mol. The van der Waals surface area contributed by atoms with Gasteiger partial charge in [0.15, 0.2) is 0 Å². The second-order valence-electron chi connectivity index (χ2n) is 5.35. The summed E-state index contributed by atoms with van der Waals surface area (Å²) in [6, 6.07) is 7.87. The molecule has 0 aliphatic heterocycles. The van der Waals surface area contributed by atoms with E-state index in [1.54, 1.807) is 12.4 Å². The first kappa shape index (κ1) is 12.2. The van der Waals surface area contributed by atoms with E-state index >= 15 is 0 Å². The van der Waals surface area contributed by atoms with Gasteiger partial charge in [-0.1, -0.05) is 37.5 Å². The summed E-state index contributed by atoms with van der Waals surface area (Å²) in [5.41, 5.74) is 0.214. The number of aliphatic carboxylic acids is 1. The van der Waals surface area contributed by atoms with Gasteiger partial charge in [-0.2, -0.15) is 0 Å². The molecule has 0 spiro atoms. The largest absolute Gasteiger partial charge is 0.481 e. The fourth-order valence-corrected chi connectivity index (χ4v) is 3.28. The molecule has 1 N–H and O–H groups in total. The molecular formula is C16H17NO2. The van der Waals surface area contributed by atoms with Crippen LogP contribution in [0.1, 0.15) is 37.7 Å². The number of rotatable bonds is 2. The van der Waals surface area contributed by atoms with Crippen LogP contribution in [0.5, 0.6) is 0 Å². The molecule has 1 heterocycles. The van der Waals surface area contributed by atoms with Crippen LogP contribution in [0.25, 0.3) is 10.8 Å². The van der Waals surface area contributed by atoms with Crippen LogP contribution in [-0.2, 0) is 10.2 Å². The summed E-state index contributed by atoms with van der Waals surface area (Å²) in [5.74, 6) is -0.691. The zero-order valence-electron chi connectivity index (χ0n) is 10.8. The van der Waals surface area contributed by atoms with Gasteiger partial charge in [-0.25, -0.2) is 0 Å². The molecule has 3 heteroatoms. The Balaban J connectivity index is 2.23. The van der Waals surface area contributed by atoms with Crippen molar-refractivity contribution in [2.24, 2.45) is 0 Å². The van der Waals surface area contributed by atoms with E-state index < -0.39 is 11.4 Å². The molecule has 2 aromatic rings. The third-order valence-electron chi connectivity index (χ3n) is 4.32. The fraction of sp³-hybridized carbons (Fsp3) is 0.375. The first-order valence-electron chi connectivity index (χ1n) is 6.81. The number of pyridine rings is 1. The summed E-state index contributed by atoms with van der Waals surface area (Å²) in [5, 5.41) is 11.8. The van der Waals surface area contributed by atoms with E-state index in [0.717, 1.165) is 48.4 Å². The lowest BCUT2D eigenvalue weighted by atomic mass is 9.68. The van der Waals surface area contributed by atoms with Crippen molar-refractivity contribution >= 4 is 16.7 Å². The van der Waals surface area contributed by atoms with Gasteiger partial charge in [-0.05, 0) is 29.9 Å². The van der Waals surface area contributed by atoms with E-state index in [1.165, 1.54) is 0 Å². The summed E-state index contributed by atoms with van der Waals surface area (Å²) in [7, 11) is 0. The van der Waals surface area contributed by atoms with Crippen molar-refractivity contribution in [3.05, 3.63) is 42.2 Å². The molecule has 3 nitrogen and oxygen atoms in total. The Morgan fingerprint density at radius 1 is 1.16 bits per heavy atom. The Kier molecular flexibility index (Phi) is 2.97. The van der Waals surface area contributed by atoms with Gasteiger partial charge in [-0.15, -0.1) is 0 Å². The maximum Gasteiger partial charge on any atom is 0.314 e. The first-order chi connectivity index (χ1) is 9.24. The van der Waals surface area contributed by atoms with Gasteiger partial charge in [0, 0.05) is 17.8 Å². The quantitative estimate of drug-likeness (QED) is 0.893. The highest BCUT2D eigenvalue weighted by atomic mass is 16.4. The van der Waals surface area contributed by atoms with Crippen molar-refractivity contribution in [1.29, 1.82) is 0 Å². The van der Waals surface area contributed by atoms with E-state index in [0.29, 0.717) is 0 Å². The molecule has 19 heavy (non-hydrogen) atoms. The number of aromatic nitrogens is 1. The highest BCUT2D eigenvalue weighted by Crippen LogP contribution is 2.42. The highest BCUT2D eigenvalue weighted by Gasteiger charge is 2.42. The molecule has 1 aliphatic rings. The first-order valence-corrected chi connectivity index (χ1v) is 6.81. The zero-order chi connectivity index (χ0) is 13.3. The second-order valence-corrected chi connectivity index (χ2v) is 5.35. The molecule has 0 amide bonds. The minimum atomic E-state index is -0.721. The predicted molar refractivity (Wildman–Crippen MR) is 74.1 cm³/mol. The van der Waals surface area contributed by atoms with Crippen LogP contribution >= 0.6 is 0 Å². The van der Waals surface area contributed by atoms with Crippen LogP contribution in [0, 0.1) is 0 Å². The van der Waals surface area contributed by atoms with E-state index in [-0.39, 0.29) is 0 Å². The van der Waals surface area contributed by atoms with Crippen molar-refractivity contribution < 1.29 is 9.90 Å². The van der Waals surface area contributed by atoms with Gasteiger partial charge in [0.1, 0.15) is 0 Å². The van der Waals surface area contributed by atoms with Gasteiger partial charge in [0.25, 0.3) is 0 Å². The van der Waals surface area contributed by atoms with Gasteiger partial charge in [0.05, 0.1) is 5.41 Å². The van der Waals surface area contributed by atoms with Crippen LogP contribution in [0.2, 0.25) is 0 Å². The molecule has 1 saturated carbocycles. The third kappa shape index (κ3) is 1.89. The molecule has 98 valence electrons. The number of fused-ring (bicyclic) bond motifs is 1. The second kappa shape index (κ2) is 4.65. The maximum absolute atomic E-state index is 11.9. The summed E-state index contributed by atoms with van der Waals surface area (Å²) in [4.78, 5) is 16.1. The van der Waals surface area contributed by atoms with Crippen LogP contribution in [0.4, 0.5) is 0 Å². The van der Waals surface area contributed by atoms with Crippen molar-refractivity contribution in [1.82, 2.24) is 4.98 Å². The van der Waals surface area contributed by atoms with Crippen molar-refractivity contribution in [2.75, 3.05) is 0 Å². The number of benzene rings is 1. The summed E-state index contributed by atoms with van der Waals surface area (Å²) < 4.78 is 0. The normalized spacial score (nSPS) is 18.3. The molecule has 0 unspecified atom stereocenters. The Morgan fingerprint density at radius 3 is 2.68 bits per heavy atom. The molecule has 0 radical (unpaired) electrons. The molecule has 1 fully saturated rings. The number of hydrogen-bond acceptors (Lipinski definition) is 2. The van der Waals surface area contributed by atoms with E-state index in [1.807, 2.05) is 24.3 Å². The monoisotopic (exact) mass is 255 g/mol. The predicted octanol–water partition coefficient (Wildman–Crippen LogP) is 3.52. The Hall–Kier alpha value is -1.90. The third-order valence-corrected chi connectivity index (χ3v) is 4.32. The standard InChI is InChI=1S/C16H17NO2/c18-15(19)16(8-2-1-3-9-16)14-6-4-5-12-7-10-17-11-13(12)14/h4-7,10-11H,1-3,8-9H2,(H,18,19). The summed E-state index contributed by atoms with van der Waals surface area (Å²) >= 11 is 0. The van der Waals surface area contributed by atoms with Crippen molar-refractivity contribution in [3.8, 4) is 0 Å². The maximum atomic E-state index is 11.9.